The van der Waals surface area contributed by atoms with Gasteiger partial charge in [-0.15, -0.1) is 0 Å². The Morgan fingerprint density at radius 2 is 2.00 bits per heavy atom. The van der Waals surface area contributed by atoms with E-state index in [4.69, 9.17) is 11.5 Å². The lowest BCUT2D eigenvalue weighted by atomic mass is 9.81. The van der Waals surface area contributed by atoms with Gasteiger partial charge < -0.3 is 11.1 Å². The van der Waals surface area contributed by atoms with Gasteiger partial charge in [0.2, 0.25) is 5.79 Å². The molecule has 9 nitrogen and oxygen atoms in total. The Labute approximate surface area is 158 Å². The van der Waals surface area contributed by atoms with Crippen LogP contribution in [-0.4, -0.2) is 37.6 Å². The summed E-state index contributed by atoms with van der Waals surface area (Å²) in [6.07, 6.45) is 2.90. The minimum atomic E-state index is -2.75. The van der Waals surface area contributed by atoms with E-state index < -0.39 is 17.8 Å². The average molecular weight is 387 g/mol. The van der Waals surface area contributed by atoms with Crippen molar-refractivity contribution in [2.24, 2.45) is 21.5 Å². The topological polar surface area (TPSA) is 135 Å². The quantitative estimate of drug-likeness (QED) is 0.537. The Bertz CT molecular complexity index is 1090. The van der Waals surface area contributed by atoms with Crippen molar-refractivity contribution >= 4 is 22.7 Å². The zero-order valence-corrected chi connectivity index (χ0v) is 15.2. The van der Waals surface area contributed by atoms with E-state index in [-0.39, 0.29) is 5.96 Å². The van der Waals surface area contributed by atoms with Gasteiger partial charge >= 0.3 is 6.55 Å². The van der Waals surface area contributed by atoms with Crippen molar-refractivity contribution in [3.63, 3.8) is 0 Å². The van der Waals surface area contributed by atoms with Crippen molar-refractivity contribution in [2.45, 2.75) is 31.6 Å². The molecule has 3 heterocycles. The van der Waals surface area contributed by atoms with E-state index in [1.54, 1.807) is 20.0 Å². The number of rotatable bonds is 4. The highest BCUT2D eigenvalue weighted by Crippen LogP contribution is 2.36. The predicted octanol–water partition coefficient (Wildman–Crippen LogP) is 1.41. The van der Waals surface area contributed by atoms with Crippen LogP contribution in [0.1, 0.15) is 31.7 Å². The Hall–Kier alpha value is -3.34. The maximum atomic E-state index is 12.9. The van der Waals surface area contributed by atoms with Crippen LogP contribution in [0, 0.1) is 0 Å². The summed E-state index contributed by atoms with van der Waals surface area (Å²) < 4.78 is 26.4. The lowest BCUT2D eigenvalue weighted by Gasteiger charge is -2.39. The van der Waals surface area contributed by atoms with Crippen molar-refractivity contribution in [1.29, 1.82) is 0 Å². The molecule has 28 heavy (non-hydrogen) atoms. The molecule has 3 aromatic rings. The number of hydrogen-bond acceptors (Lipinski definition) is 7. The van der Waals surface area contributed by atoms with E-state index in [1.165, 1.54) is 12.3 Å². The van der Waals surface area contributed by atoms with Gasteiger partial charge in [0.05, 0.1) is 22.8 Å². The van der Waals surface area contributed by atoms with Crippen molar-refractivity contribution in [3.05, 3.63) is 47.9 Å². The van der Waals surface area contributed by atoms with Crippen LogP contribution in [-0.2, 0) is 5.41 Å². The van der Waals surface area contributed by atoms with Crippen LogP contribution in [0.4, 0.5) is 8.78 Å². The molecule has 1 unspecified atom stereocenters. The Balaban J connectivity index is 1.77. The average Bonchev–Trinajstić information content (AvgIpc) is 3.30. The van der Waals surface area contributed by atoms with Crippen LogP contribution in [0.5, 0.6) is 0 Å². The Morgan fingerprint density at radius 1 is 1.21 bits per heavy atom. The van der Waals surface area contributed by atoms with E-state index in [9.17, 15) is 8.78 Å². The summed E-state index contributed by atoms with van der Waals surface area (Å²) in [5, 5.41) is 14.7. The van der Waals surface area contributed by atoms with Crippen LogP contribution in [0.3, 0.4) is 0 Å². The molecule has 1 aliphatic heterocycles. The first-order valence-corrected chi connectivity index (χ1v) is 8.48. The number of halogens is 2. The van der Waals surface area contributed by atoms with Gasteiger partial charge in [0, 0.05) is 17.1 Å². The van der Waals surface area contributed by atoms with Crippen molar-refractivity contribution < 1.29 is 8.78 Å². The predicted molar refractivity (Wildman–Crippen MR) is 101 cm³/mol. The van der Waals surface area contributed by atoms with Gasteiger partial charge in [-0.3, -0.25) is 10.8 Å². The smallest absolute Gasteiger partial charge is 0.333 e. The summed E-state index contributed by atoms with van der Waals surface area (Å²) in [6.45, 7) is 0.707. The van der Waals surface area contributed by atoms with E-state index in [1.807, 2.05) is 18.2 Å². The fourth-order valence-corrected chi connectivity index (χ4v) is 3.03. The van der Waals surface area contributed by atoms with Gasteiger partial charge in [0.25, 0.3) is 0 Å². The van der Waals surface area contributed by atoms with Crippen LogP contribution in [0.25, 0.3) is 10.9 Å². The van der Waals surface area contributed by atoms with E-state index in [0.29, 0.717) is 16.2 Å². The van der Waals surface area contributed by atoms with Gasteiger partial charge in [-0.1, -0.05) is 12.1 Å². The molecule has 0 spiro atoms. The molecule has 146 valence electrons. The van der Waals surface area contributed by atoms with Gasteiger partial charge in [0.15, 0.2) is 5.96 Å². The first-order valence-electron chi connectivity index (χ1n) is 8.48. The minimum Gasteiger partial charge on any atom is -0.370 e. The number of H-pyrrole nitrogens is 1. The van der Waals surface area contributed by atoms with Gasteiger partial charge in [0.1, 0.15) is 5.84 Å². The fraction of sp³-hybridized carbons (Fsp3) is 0.294. The number of aliphatic imine (C=N–C) groups is 2. The molecule has 2 aromatic heterocycles. The standard InChI is InChI=1S/C17H19F2N9/c1-16(2,12-5-6-28(27-12)14(18)19)17(21)24-13(23-15(20)25-17)9-3-4-10-8-22-26-11(10)7-9/h3-8,14H,21H2,1-2H3,(H,22,26)(H3,20,23,24,25). The number of benzene rings is 1. The number of aromatic nitrogens is 4. The third kappa shape index (κ3) is 2.80. The summed E-state index contributed by atoms with van der Waals surface area (Å²) in [5.74, 6) is -1.08. The third-order valence-corrected chi connectivity index (χ3v) is 4.90. The van der Waals surface area contributed by atoms with Crippen molar-refractivity contribution in [3.8, 4) is 0 Å². The molecule has 1 aromatic carbocycles. The summed E-state index contributed by atoms with van der Waals surface area (Å²) in [7, 11) is 0. The summed E-state index contributed by atoms with van der Waals surface area (Å²) in [6, 6.07) is 7.06. The minimum absolute atomic E-state index is 0.0681. The number of nitrogens with zero attached hydrogens (tertiary/aromatic N) is 5. The lowest BCUT2D eigenvalue weighted by molar-refractivity contribution is 0.0552. The molecule has 1 atom stereocenters. The number of alkyl halides is 2. The largest absolute Gasteiger partial charge is 0.370 e. The number of nitrogens with two attached hydrogens (primary N) is 2. The maximum Gasteiger partial charge on any atom is 0.333 e. The SMILES string of the molecule is CC(C)(c1ccn(C(F)F)n1)C1(N)N=C(N)NC(c2ccc3cn[nH]c3c2)=N1. The summed E-state index contributed by atoms with van der Waals surface area (Å²) in [5.41, 5.74) is 13.3. The first kappa shape index (κ1) is 18.0. The fourth-order valence-electron chi connectivity index (χ4n) is 3.03. The van der Waals surface area contributed by atoms with E-state index in [2.05, 4.69) is 30.6 Å². The molecule has 4 rings (SSSR count). The maximum absolute atomic E-state index is 12.9. The van der Waals surface area contributed by atoms with Crippen LogP contribution in [0.15, 0.2) is 46.6 Å². The van der Waals surface area contributed by atoms with Crippen LogP contribution < -0.4 is 16.8 Å². The molecule has 0 aliphatic carbocycles. The normalized spacial score (nSPS) is 20.2. The second-order valence-corrected chi connectivity index (χ2v) is 7.06. The van der Waals surface area contributed by atoms with Crippen molar-refractivity contribution in [2.75, 3.05) is 0 Å². The molecule has 11 heteroatoms. The Morgan fingerprint density at radius 3 is 2.71 bits per heavy atom. The Kier molecular flexibility index (Phi) is 3.93. The second-order valence-electron chi connectivity index (χ2n) is 7.06. The highest BCUT2D eigenvalue weighted by molar-refractivity contribution is 6.11. The molecule has 0 fully saturated rings. The number of guanidine groups is 1. The number of fused-ring (bicyclic) bond motifs is 1. The molecule has 1 aliphatic rings. The van der Waals surface area contributed by atoms with Crippen LogP contribution in [0.2, 0.25) is 0 Å². The molecule has 0 radical (unpaired) electrons. The number of amidine groups is 1. The van der Waals surface area contributed by atoms with Crippen molar-refractivity contribution in [1.82, 2.24) is 25.3 Å². The molecule has 0 amide bonds. The number of hydrogen-bond donors (Lipinski definition) is 4. The zero-order valence-electron chi connectivity index (χ0n) is 15.2. The molecule has 0 saturated heterocycles. The molecule has 0 saturated carbocycles. The third-order valence-electron chi connectivity index (χ3n) is 4.90. The highest BCUT2D eigenvalue weighted by atomic mass is 19.3. The lowest BCUT2D eigenvalue weighted by Crippen LogP contribution is -2.59. The summed E-state index contributed by atoms with van der Waals surface area (Å²) in [4.78, 5) is 8.83. The number of nitrogens with one attached hydrogen (secondary N) is 2. The van der Waals surface area contributed by atoms with E-state index in [0.717, 1.165) is 16.5 Å². The van der Waals surface area contributed by atoms with Gasteiger partial charge in [-0.05, 0) is 26.0 Å². The number of aromatic amines is 1. The molecule has 0 bridgehead atoms. The first-order chi connectivity index (χ1) is 13.2. The monoisotopic (exact) mass is 387 g/mol. The molecule has 6 N–H and O–H groups in total. The van der Waals surface area contributed by atoms with Gasteiger partial charge in [-0.2, -0.15) is 19.0 Å². The second kappa shape index (κ2) is 6.09. The summed E-state index contributed by atoms with van der Waals surface area (Å²) >= 11 is 0. The van der Waals surface area contributed by atoms with E-state index >= 15 is 0 Å². The van der Waals surface area contributed by atoms with Gasteiger partial charge in [-0.25, -0.2) is 14.7 Å². The highest BCUT2D eigenvalue weighted by Gasteiger charge is 2.47. The van der Waals surface area contributed by atoms with Crippen LogP contribution >= 0.6 is 0 Å². The molecular formula is C17H19F2N9. The zero-order chi connectivity index (χ0) is 20.1. The molecular weight excluding hydrogens is 368 g/mol.